The Morgan fingerprint density at radius 1 is 1.20 bits per heavy atom. The highest BCUT2D eigenvalue weighted by molar-refractivity contribution is 5.05. The minimum absolute atomic E-state index is 0.364. The molecule has 2 aliphatic rings. The van der Waals surface area contributed by atoms with E-state index in [0.717, 1.165) is 13.0 Å². The van der Waals surface area contributed by atoms with Crippen molar-refractivity contribution >= 4 is 0 Å². The van der Waals surface area contributed by atoms with E-state index in [1.165, 1.54) is 57.8 Å². The summed E-state index contributed by atoms with van der Waals surface area (Å²) in [5.74, 6) is 0. The monoisotopic (exact) mass is 281 g/mol. The summed E-state index contributed by atoms with van der Waals surface area (Å²) >= 11 is 0. The molecule has 1 atom stereocenters. The quantitative estimate of drug-likeness (QED) is 0.530. The van der Waals surface area contributed by atoms with Gasteiger partial charge in [0.25, 0.3) is 0 Å². The first-order chi connectivity index (χ1) is 9.84. The van der Waals surface area contributed by atoms with Crippen LogP contribution in [0.2, 0.25) is 0 Å². The molecule has 2 N–H and O–H groups in total. The van der Waals surface area contributed by atoms with Crippen LogP contribution in [0.5, 0.6) is 0 Å². The molecule has 0 aromatic carbocycles. The van der Waals surface area contributed by atoms with Gasteiger partial charge in [-0.2, -0.15) is 0 Å². The first kappa shape index (κ1) is 16.0. The van der Waals surface area contributed by atoms with Crippen molar-refractivity contribution in [1.82, 2.24) is 5.32 Å². The normalized spacial score (nSPS) is 22.6. The van der Waals surface area contributed by atoms with Crippen LogP contribution < -0.4 is 5.32 Å². The summed E-state index contributed by atoms with van der Waals surface area (Å²) in [6.45, 7) is 2.12. The van der Waals surface area contributed by atoms with Gasteiger partial charge in [0.2, 0.25) is 0 Å². The number of allylic oxidation sites excluding steroid dienone is 1. The fourth-order valence-electron chi connectivity index (χ4n) is 3.19. The number of hydrogen-bond acceptors (Lipinski definition) is 3. The van der Waals surface area contributed by atoms with E-state index in [2.05, 4.69) is 11.4 Å². The maximum Gasteiger partial charge on any atom is 0.0897 e. The van der Waals surface area contributed by atoms with E-state index in [1.807, 2.05) is 0 Å². The average molecular weight is 281 g/mol. The van der Waals surface area contributed by atoms with Gasteiger partial charge in [0.05, 0.1) is 18.8 Å². The minimum atomic E-state index is -0.364. The number of nitrogens with one attached hydrogen (secondary N) is 1. The lowest BCUT2D eigenvalue weighted by atomic mass is 9.97. The summed E-state index contributed by atoms with van der Waals surface area (Å²) in [6.07, 6.45) is 15.1. The second-order valence-electron chi connectivity index (χ2n) is 6.31. The Hall–Kier alpha value is -0.380. The lowest BCUT2D eigenvalue weighted by Gasteiger charge is -2.23. The molecule has 0 radical (unpaired) electrons. The maximum absolute atomic E-state index is 9.91. The molecule has 3 heteroatoms. The van der Waals surface area contributed by atoms with Gasteiger partial charge >= 0.3 is 0 Å². The van der Waals surface area contributed by atoms with Gasteiger partial charge in [0.1, 0.15) is 0 Å². The molecule has 116 valence electrons. The molecule has 3 nitrogen and oxygen atoms in total. The van der Waals surface area contributed by atoms with Crippen molar-refractivity contribution < 1.29 is 9.84 Å². The van der Waals surface area contributed by atoms with Crippen LogP contribution in [0.15, 0.2) is 11.6 Å². The van der Waals surface area contributed by atoms with Crippen molar-refractivity contribution in [3.8, 4) is 0 Å². The van der Waals surface area contributed by atoms with Gasteiger partial charge in [-0.1, -0.05) is 30.9 Å². The van der Waals surface area contributed by atoms with Gasteiger partial charge in [-0.25, -0.2) is 0 Å². The molecule has 20 heavy (non-hydrogen) atoms. The number of rotatable bonds is 8. The summed E-state index contributed by atoms with van der Waals surface area (Å²) in [4.78, 5) is 0. The number of aliphatic hydroxyl groups excluding tert-OH is 1. The molecule has 0 aromatic rings. The Kier molecular flexibility index (Phi) is 7.63. The van der Waals surface area contributed by atoms with Gasteiger partial charge in [0, 0.05) is 6.54 Å². The van der Waals surface area contributed by atoms with Gasteiger partial charge in [-0.3, -0.25) is 0 Å². The predicted molar refractivity (Wildman–Crippen MR) is 82.9 cm³/mol. The van der Waals surface area contributed by atoms with Crippen LogP contribution in [0.3, 0.4) is 0 Å². The lowest BCUT2D eigenvalue weighted by Crippen LogP contribution is -2.33. The zero-order chi connectivity index (χ0) is 14.0. The predicted octanol–water partition coefficient (Wildman–Crippen LogP) is 3.18. The lowest BCUT2D eigenvalue weighted by molar-refractivity contribution is -0.0228. The third-order valence-electron chi connectivity index (χ3n) is 4.46. The third-order valence-corrected chi connectivity index (χ3v) is 4.46. The van der Waals surface area contributed by atoms with Gasteiger partial charge in [-0.15, -0.1) is 0 Å². The van der Waals surface area contributed by atoms with Gasteiger partial charge < -0.3 is 15.2 Å². The van der Waals surface area contributed by atoms with Gasteiger partial charge in [-0.05, 0) is 51.5 Å². The molecular formula is C17H31NO2. The summed E-state index contributed by atoms with van der Waals surface area (Å²) in [6, 6.07) is 0. The Balaban J connectivity index is 1.47. The molecule has 2 aliphatic carbocycles. The van der Waals surface area contributed by atoms with Crippen LogP contribution in [0.25, 0.3) is 0 Å². The summed E-state index contributed by atoms with van der Waals surface area (Å²) in [5.41, 5.74) is 1.59. The third kappa shape index (κ3) is 6.38. The highest BCUT2D eigenvalue weighted by atomic mass is 16.5. The Morgan fingerprint density at radius 3 is 2.80 bits per heavy atom. The fraction of sp³-hybridized carbons (Fsp3) is 0.882. The van der Waals surface area contributed by atoms with E-state index < -0.39 is 0 Å². The van der Waals surface area contributed by atoms with Crippen molar-refractivity contribution in [3.63, 3.8) is 0 Å². The molecule has 0 saturated heterocycles. The fourth-order valence-corrected chi connectivity index (χ4v) is 3.19. The van der Waals surface area contributed by atoms with E-state index in [4.69, 9.17) is 4.74 Å². The topological polar surface area (TPSA) is 41.5 Å². The van der Waals surface area contributed by atoms with Gasteiger partial charge in [0.15, 0.2) is 0 Å². The summed E-state index contributed by atoms with van der Waals surface area (Å²) in [7, 11) is 0. The van der Waals surface area contributed by atoms with Crippen LogP contribution >= 0.6 is 0 Å². The standard InChI is InChI=1S/C17H31NO2/c19-16(14-20-17-9-5-2-6-10-17)13-18-12-11-15-7-3-1-4-8-15/h7,16-19H,1-6,8-14H2. The largest absolute Gasteiger partial charge is 0.389 e. The van der Waals surface area contributed by atoms with Crippen LogP contribution in [-0.4, -0.2) is 37.0 Å². The number of ether oxygens (including phenoxy) is 1. The van der Waals surface area contributed by atoms with Crippen molar-refractivity contribution in [2.75, 3.05) is 19.7 Å². The zero-order valence-corrected chi connectivity index (χ0v) is 12.8. The van der Waals surface area contributed by atoms with Crippen LogP contribution in [-0.2, 0) is 4.74 Å². The molecule has 1 saturated carbocycles. The van der Waals surface area contributed by atoms with Crippen molar-refractivity contribution in [2.45, 2.75) is 76.4 Å². The second kappa shape index (κ2) is 9.54. The second-order valence-corrected chi connectivity index (χ2v) is 6.31. The van der Waals surface area contributed by atoms with Crippen molar-refractivity contribution in [1.29, 1.82) is 0 Å². The van der Waals surface area contributed by atoms with Crippen LogP contribution in [0, 0.1) is 0 Å². The smallest absolute Gasteiger partial charge is 0.0897 e. The zero-order valence-electron chi connectivity index (χ0n) is 12.8. The van der Waals surface area contributed by atoms with E-state index >= 15 is 0 Å². The first-order valence-electron chi connectivity index (χ1n) is 8.53. The SMILES string of the molecule is OC(CNCCC1=CCCCC1)COC1CCCCC1. The Labute approximate surface area is 123 Å². The molecule has 0 heterocycles. The minimum Gasteiger partial charge on any atom is -0.389 e. The van der Waals surface area contributed by atoms with E-state index in [1.54, 1.807) is 5.57 Å². The highest BCUT2D eigenvalue weighted by Gasteiger charge is 2.15. The first-order valence-corrected chi connectivity index (χ1v) is 8.53. The van der Waals surface area contributed by atoms with Crippen molar-refractivity contribution in [2.24, 2.45) is 0 Å². The van der Waals surface area contributed by atoms with Crippen LogP contribution in [0.1, 0.15) is 64.2 Å². The molecule has 0 aromatic heterocycles. The molecule has 1 fully saturated rings. The van der Waals surface area contributed by atoms with E-state index in [0.29, 0.717) is 19.3 Å². The molecule has 2 rings (SSSR count). The Bertz CT molecular complexity index is 285. The number of aliphatic hydroxyl groups is 1. The molecule has 0 spiro atoms. The van der Waals surface area contributed by atoms with E-state index in [9.17, 15) is 5.11 Å². The van der Waals surface area contributed by atoms with Crippen LogP contribution in [0.4, 0.5) is 0 Å². The summed E-state index contributed by atoms with van der Waals surface area (Å²) in [5, 5.41) is 13.3. The van der Waals surface area contributed by atoms with E-state index in [-0.39, 0.29) is 6.10 Å². The average Bonchev–Trinajstić information content (AvgIpc) is 2.52. The molecule has 1 unspecified atom stereocenters. The summed E-state index contributed by atoms with van der Waals surface area (Å²) < 4.78 is 5.79. The highest BCUT2D eigenvalue weighted by Crippen LogP contribution is 2.20. The van der Waals surface area contributed by atoms with Crippen molar-refractivity contribution in [3.05, 3.63) is 11.6 Å². The Morgan fingerprint density at radius 2 is 2.05 bits per heavy atom. The molecule has 0 aliphatic heterocycles. The number of hydrogen-bond donors (Lipinski definition) is 2. The molecule has 0 amide bonds. The molecule has 0 bridgehead atoms. The molecular weight excluding hydrogens is 250 g/mol. The maximum atomic E-state index is 9.91.